The van der Waals surface area contributed by atoms with Crippen LogP contribution in [0.2, 0.25) is 0 Å². The number of ketones is 1. The molecule has 1 amide bonds. The van der Waals surface area contributed by atoms with Gasteiger partial charge in [0, 0.05) is 0 Å². The van der Waals surface area contributed by atoms with E-state index in [4.69, 9.17) is 0 Å². The molecule has 1 unspecified atom stereocenters. The van der Waals surface area contributed by atoms with Crippen molar-refractivity contribution in [1.29, 1.82) is 0 Å². The van der Waals surface area contributed by atoms with Crippen LogP contribution < -0.4 is 5.32 Å². The van der Waals surface area contributed by atoms with Gasteiger partial charge in [0.05, 0.1) is 13.2 Å². The van der Waals surface area contributed by atoms with Crippen molar-refractivity contribution in [2.24, 2.45) is 5.41 Å². The first-order chi connectivity index (χ1) is 5.79. The lowest BCUT2D eigenvalue weighted by Gasteiger charge is -2.28. The molecule has 0 saturated heterocycles. The second-order valence-corrected chi connectivity index (χ2v) is 4.05. The summed E-state index contributed by atoms with van der Waals surface area (Å²) in [5.74, 6) is -0.0714. The smallest absolute Gasteiger partial charge is 0.407 e. The minimum Gasteiger partial charge on any atom is -0.453 e. The summed E-state index contributed by atoms with van der Waals surface area (Å²) in [7, 11) is 1.27. The van der Waals surface area contributed by atoms with Crippen molar-refractivity contribution in [2.45, 2.75) is 33.7 Å². The van der Waals surface area contributed by atoms with Gasteiger partial charge in [-0.05, 0) is 12.3 Å². The van der Waals surface area contributed by atoms with E-state index in [1.54, 1.807) is 0 Å². The van der Waals surface area contributed by atoms with E-state index in [-0.39, 0.29) is 11.2 Å². The minimum atomic E-state index is -0.574. The molecule has 0 aliphatic heterocycles. The molecule has 0 radical (unpaired) electrons. The Morgan fingerprint density at radius 1 is 1.31 bits per heavy atom. The van der Waals surface area contributed by atoms with Gasteiger partial charge in [-0.15, -0.1) is 0 Å². The number of amides is 1. The lowest BCUT2D eigenvalue weighted by atomic mass is 9.85. The Balaban J connectivity index is 4.46. The van der Waals surface area contributed by atoms with Crippen LogP contribution in [-0.2, 0) is 9.53 Å². The molecule has 0 aromatic heterocycles. The molecule has 0 aliphatic carbocycles. The third kappa shape index (κ3) is 3.92. The van der Waals surface area contributed by atoms with Crippen LogP contribution in [0.5, 0.6) is 0 Å². The zero-order valence-corrected chi connectivity index (χ0v) is 8.80. The van der Waals surface area contributed by atoms with Crippen molar-refractivity contribution < 1.29 is 14.3 Å². The van der Waals surface area contributed by atoms with Crippen LogP contribution in [-0.4, -0.2) is 25.0 Å². The van der Waals surface area contributed by atoms with Crippen LogP contribution in [0.25, 0.3) is 0 Å². The van der Waals surface area contributed by atoms with Crippen LogP contribution in [0.15, 0.2) is 0 Å². The van der Waals surface area contributed by atoms with Gasteiger partial charge in [-0.1, -0.05) is 20.8 Å². The summed E-state index contributed by atoms with van der Waals surface area (Å²) in [6.07, 6.45) is -0.574. The van der Waals surface area contributed by atoms with E-state index in [9.17, 15) is 9.59 Å². The maximum Gasteiger partial charge on any atom is 0.407 e. The number of methoxy groups -OCH3 is 1. The Kier molecular flexibility index (Phi) is 3.91. The van der Waals surface area contributed by atoms with E-state index < -0.39 is 12.1 Å². The topological polar surface area (TPSA) is 55.4 Å². The van der Waals surface area contributed by atoms with E-state index in [1.807, 2.05) is 20.8 Å². The number of Topliss-reactive ketones (excluding diaryl/α,β-unsaturated/α-hetero) is 1. The number of carbonyl (C=O) groups is 2. The van der Waals surface area contributed by atoms with Crippen LogP contribution >= 0.6 is 0 Å². The summed E-state index contributed by atoms with van der Waals surface area (Å²) in [6.45, 7) is 7.10. The molecule has 13 heavy (non-hydrogen) atoms. The quantitative estimate of drug-likeness (QED) is 0.709. The minimum absolute atomic E-state index is 0.0714. The van der Waals surface area contributed by atoms with E-state index >= 15 is 0 Å². The van der Waals surface area contributed by atoms with Gasteiger partial charge in [0.2, 0.25) is 0 Å². The van der Waals surface area contributed by atoms with E-state index in [1.165, 1.54) is 14.0 Å². The van der Waals surface area contributed by atoms with Gasteiger partial charge in [0.15, 0.2) is 5.78 Å². The van der Waals surface area contributed by atoms with Crippen LogP contribution in [0.4, 0.5) is 4.79 Å². The third-order valence-electron chi connectivity index (χ3n) is 1.72. The highest BCUT2D eigenvalue weighted by atomic mass is 16.5. The van der Waals surface area contributed by atoms with Crippen molar-refractivity contribution in [1.82, 2.24) is 5.32 Å². The Bertz CT molecular complexity index is 205. The summed E-state index contributed by atoms with van der Waals surface area (Å²) < 4.78 is 4.42. The normalized spacial score (nSPS) is 13.3. The Hall–Kier alpha value is -1.06. The maximum absolute atomic E-state index is 11.2. The van der Waals surface area contributed by atoms with Gasteiger partial charge < -0.3 is 10.1 Å². The molecule has 0 saturated carbocycles. The number of ether oxygens (including phenoxy) is 1. The molecular weight excluding hydrogens is 170 g/mol. The summed E-state index contributed by atoms with van der Waals surface area (Å²) >= 11 is 0. The highest BCUT2D eigenvalue weighted by molar-refractivity contribution is 5.86. The largest absolute Gasteiger partial charge is 0.453 e. The molecule has 1 N–H and O–H groups in total. The first kappa shape index (κ1) is 11.9. The first-order valence-corrected chi connectivity index (χ1v) is 4.14. The number of rotatable bonds is 2. The maximum atomic E-state index is 11.2. The fraction of sp³-hybridized carbons (Fsp3) is 0.778. The molecule has 0 fully saturated rings. The summed E-state index contributed by atoms with van der Waals surface area (Å²) in [6, 6.07) is -0.500. The first-order valence-electron chi connectivity index (χ1n) is 4.14. The van der Waals surface area contributed by atoms with Gasteiger partial charge >= 0.3 is 6.09 Å². The number of hydrogen-bond donors (Lipinski definition) is 1. The van der Waals surface area contributed by atoms with E-state index in [0.717, 1.165) is 0 Å². The number of nitrogens with one attached hydrogen (secondary N) is 1. The lowest BCUT2D eigenvalue weighted by Crippen LogP contribution is -2.48. The molecule has 1 atom stereocenters. The predicted octanol–water partition coefficient (Wildman–Crippen LogP) is 1.35. The molecule has 0 spiro atoms. The Morgan fingerprint density at radius 3 is 2.00 bits per heavy atom. The predicted molar refractivity (Wildman–Crippen MR) is 49.5 cm³/mol. The average Bonchev–Trinajstić information content (AvgIpc) is 1.96. The van der Waals surface area contributed by atoms with Gasteiger partial charge in [0.1, 0.15) is 0 Å². The standard InChI is InChI=1S/C9H17NO3/c1-6(11)7(9(2,3)4)10-8(12)13-5/h7H,1-5H3,(H,10,12). The molecule has 4 nitrogen and oxygen atoms in total. The van der Waals surface area contributed by atoms with Gasteiger partial charge in [-0.25, -0.2) is 4.79 Å². The number of hydrogen-bond acceptors (Lipinski definition) is 3. The Morgan fingerprint density at radius 2 is 1.77 bits per heavy atom. The molecule has 0 heterocycles. The SMILES string of the molecule is COC(=O)NC(C(C)=O)C(C)(C)C. The highest BCUT2D eigenvalue weighted by Crippen LogP contribution is 2.19. The number of carbonyl (C=O) groups excluding carboxylic acids is 2. The second kappa shape index (κ2) is 4.25. The molecule has 4 heteroatoms. The van der Waals surface area contributed by atoms with Crippen LogP contribution in [0.1, 0.15) is 27.7 Å². The monoisotopic (exact) mass is 187 g/mol. The van der Waals surface area contributed by atoms with Gasteiger partial charge in [-0.2, -0.15) is 0 Å². The average molecular weight is 187 g/mol. The molecule has 0 aromatic carbocycles. The van der Waals surface area contributed by atoms with Crippen molar-refractivity contribution >= 4 is 11.9 Å². The summed E-state index contributed by atoms with van der Waals surface area (Å²) in [5, 5.41) is 2.50. The zero-order valence-electron chi connectivity index (χ0n) is 8.80. The molecule has 0 aromatic rings. The summed E-state index contributed by atoms with van der Waals surface area (Å²) in [4.78, 5) is 22.1. The van der Waals surface area contributed by atoms with Gasteiger partial charge in [-0.3, -0.25) is 4.79 Å². The van der Waals surface area contributed by atoms with E-state index in [0.29, 0.717) is 0 Å². The zero-order chi connectivity index (χ0) is 10.6. The molecule has 76 valence electrons. The lowest BCUT2D eigenvalue weighted by molar-refractivity contribution is -0.121. The van der Waals surface area contributed by atoms with Gasteiger partial charge in [0.25, 0.3) is 0 Å². The fourth-order valence-electron chi connectivity index (χ4n) is 1.10. The highest BCUT2D eigenvalue weighted by Gasteiger charge is 2.30. The van der Waals surface area contributed by atoms with Crippen molar-refractivity contribution in [3.8, 4) is 0 Å². The van der Waals surface area contributed by atoms with Crippen molar-refractivity contribution in [3.63, 3.8) is 0 Å². The van der Waals surface area contributed by atoms with Crippen LogP contribution in [0, 0.1) is 5.41 Å². The molecular formula is C9H17NO3. The number of alkyl carbamates (subject to hydrolysis) is 1. The van der Waals surface area contributed by atoms with Crippen LogP contribution in [0.3, 0.4) is 0 Å². The fourth-order valence-corrected chi connectivity index (χ4v) is 1.10. The molecule has 0 bridgehead atoms. The molecule has 0 rings (SSSR count). The molecule has 0 aliphatic rings. The summed E-state index contributed by atoms with van der Waals surface area (Å²) in [5.41, 5.74) is -0.292. The second-order valence-electron chi connectivity index (χ2n) is 4.05. The van der Waals surface area contributed by atoms with E-state index in [2.05, 4.69) is 10.1 Å². The van der Waals surface area contributed by atoms with Crippen molar-refractivity contribution in [3.05, 3.63) is 0 Å². The third-order valence-corrected chi connectivity index (χ3v) is 1.72. The Labute approximate surface area is 78.6 Å². The van der Waals surface area contributed by atoms with Crippen molar-refractivity contribution in [2.75, 3.05) is 7.11 Å².